The molecule has 0 amide bonds. The zero-order valence-electron chi connectivity index (χ0n) is 13.4. The van der Waals surface area contributed by atoms with Gasteiger partial charge in [-0.15, -0.1) is 0 Å². The number of nitrogens with zero attached hydrogens (tertiary/aromatic N) is 1. The normalized spacial score (nSPS) is 14.9. The molecule has 2 atom stereocenters. The number of hydrogen-bond donors (Lipinski definition) is 1. The Morgan fingerprint density at radius 1 is 1.11 bits per heavy atom. The van der Waals surface area contributed by atoms with Crippen molar-refractivity contribution in [2.45, 2.75) is 59.2 Å². The summed E-state index contributed by atoms with van der Waals surface area (Å²) >= 11 is 0. The Morgan fingerprint density at radius 3 is 2.16 bits per heavy atom. The van der Waals surface area contributed by atoms with E-state index in [1.165, 1.54) is 17.5 Å². The summed E-state index contributed by atoms with van der Waals surface area (Å²) in [6.07, 6.45) is 1.17. The van der Waals surface area contributed by atoms with Crippen LogP contribution in [0.4, 0.5) is 0 Å². The maximum absolute atomic E-state index is 3.70. The highest BCUT2D eigenvalue weighted by atomic mass is 15.2. The van der Waals surface area contributed by atoms with Crippen molar-refractivity contribution < 1.29 is 0 Å². The van der Waals surface area contributed by atoms with Crippen LogP contribution in [0, 0.1) is 6.92 Å². The van der Waals surface area contributed by atoms with Crippen LogP contribution in [0.3, 0.4) is 0 Å². The van der Waals surface area contributed by atoms with E-state index in [-0.39, 0.29) is 0 Å². The van der Waals surface area contributed by atoms with Crippen molar-refractivity contribution in [1.29, 1.82) is 0 Å². The Morgan fingerprint density at radius 2 is 1.68 bits per heavy atom. The molecule has 2 unspecified atom stereocenters. The monoisotopic (exact) mass is 262 g/mol. The number of rotatable bonds is 7. The minimum absolute atomic E-state index is 0.396. The van der Waals surface area contributed by atoms with Gasteiger partial charge < -0.3 is 5.32 Å². The smallest absolute Gasteiger partial charge is 0.0475 e. The van der Waals surface area contributed by atoms with E-state index in [0.29, 0.717) is 18.1 Å². The Bertz CT molecular complexity index is 356. The third-order valence-corrected chi connectivity index (χ3v) is 3.99. The summed E-state index contributed by atoms with van der Waals surface area (Å²) in [7, 11) is 2.21. The molecule has 1 aromatic carbocycles. The van der Waals surface area contributed by atoms with Gasteiger partial charge in [-0.1, -0.05) is 36.8 Å². The van der Waals surface area contributed by atoms with E-state index in [1.807, 2.05) is 0 Å². The lowest BCUT2D eigenvalue weighted by Gasteiger charge is -2.35. The van der Waals surface area contributed by atoms with E-state index in [0.717, 1.165) is 6.54 Å². The first-order valence-electron chi connectivity index (χ1n) is 7.49. The second-order valence-electron chi connectivity index (χ2n) is 5.84. The Balaban J connectivity index is 2.90. The topological polar surface area (TPSA) is 15.3 Å². The van der Waals surface area contributed by atoms with Gasteiger partial charge in [0.1, 0.15) is 0 Å². The molecular weight excluding hydrogens is 232 g/mol. The molecule has 0 aliphatic heterocycles. The molecule has 108 valence electrons. The van der Waals surface area contributed by atoms with Crippen LogP contribution >= 0.6 is 0 Å². The van der Waals surface area contributed by atoms with E-state index < -0.39 is 0 Å². The van der Waals surface area contributed by atoms with Crippen LogP contribution in [0.5, 0.6) is 0 Å². The van der Waals surface area contributed by atoms with Crippen LogP contribution in [0.15, 0.2) is 24.3 Å². The second kappa shape index (κ2) is 7.66. The van der Waals surface area contributed by atoms with Gasteiger partial charge in [0.2, 0.25) is 0 Å². The third-order valence-electron chi connectivity index (χ3n) is 3.99. The Labute approximate surface area is 119 Å². The summed E-state index contributed by atoms with van der Waals surface area (Å²) in [4.78, 5) is 2.44. The van der Waals surface area contributed by atoms with E-state index in [4.69, 9.17) is 0 Å². The van der Waals surface area contributed by atoms with Gasteiger partial charge in [0.25, 0.3) is 0 Å². The molecule has 0 aliphatic carbocycles. The molecule has 0 fully saturated rings. The average Bonchev–Trinajstić information content (AvgIpc) is 2.39. The summed E-state index contributed by atoms with van der Waals surface area (Å²) in [6.45, 7) is 12.2. The summed E-state index contributed by atoms with van der Waals surface area (Å²) in [5.74, 6) is 0. The molecular formula is C17H30N2. The summed E-state index contributed by atoms with van der Waals surface area (Å²) in [6, 6.07) is 10.4. The van der Waals surface area contributed by atoms with Crippen molar-refractivity contribution in [3.63, 3.8) is 0 Å². The van der Waals surface area contributed by atoms with Gasteiger partial charge >= 0.3 is 0 Å². The lowest BCUT2D eigenvalue weighted by atomic mass is 9.97. The SMILES string of the molecule is CCCNC(c1ccc(C)cc1)C(C)N(C)C(C)C. The van der Waals surface area contributed by atoms with Crippen LogP contribution in [-0.2, 0) is 0 Å². The van der Waals surface area contributed by atoms with Crippen LogP contribution in [-0.4, -0.2) is 30.6 Å². The lowest BCUT2D eigenvalue weighted by molar-refractivity contribution is 0.168. The quantitative estimate of drug-likeness (QED) is 0.805. The van der Waals surface area contributed by atoms with Crippen molar-refractivity contribution in [3.8, 4) is 0 Å². The molecule has 0 radical (unpaired) electrons. The van der Waals surface area contributed by atoms with Crippen LogP contribution in [0.25, 0.3) is 0 Å². The molecule has 0 saturated heterocycles. The summed E-state index contributed by atoms with van der Waals surface area (Å²) in [5, 5.41) is 3.70. The lowest BCUT2D eigenvalue weighted by Crippen LogP contribution is -2.44. The van der Waals surface area contributed by atoms with Crippen molar-refractivity contribution in [2.75, 3.05) is 13.6 Å². The van der Waals surface area contributed by atoms with Crippen LogP contribution in [0.1, 0.15) is 51.3 Å². The molecule has 0 bridgehead atoms. The molecule has 1 rings (SSSR count). The number of benzene rings is 1. The molecule has 0 aromatic heterocycles. The highest BCUT2D eigenvalue weighted by molar-refractivity contribution is 5.25. The first-order valence-corrected chi connectivity index (χ1v) is 7.49. The molecule has 1 N–H and O–H groups in total. The molecule has 0 aliphatic rings. The van der Waals surface area contributed by atoms with E-state index >= 15 is 0 Å². The number of nitrogens with one attached hydrogen (secondary N) is 1. The standard InChI is InChI=1S/C17H30N2/c1-7-12-18-17(15(5)19(6)13(2)3)16-10-8-14(4)9-11-16/h8-11,13,15,17-18H,7,12H2,1-6H3. The van der Waals surface area contributed by atoms with E-state index in [2.05, 4.69) is 76.1 Å². The zero-order valence-corrected chi connectivity index (χ0v) is 13.4. The second-order valence-corrected chi connectivity index (χ2v) is 5.84. The van der Waals surface area contributed by atoms with Gasteiger partial charge in [0.15, 0.2) is 0 Å². The van der Waals surface area contributed by atoms with Gasteiger partial charge in [-0.2, -0.15) is 0 Å². The first kappa shape index (κ1) is 16.2. The Kier molecular flexibility index (Phi) is 6.53. The minimum Gasteiger partial charge on any atom is -0.309 e. The van der Waals surface area contributed by atoms with Crippen LogP contribution in [0.2, 0.25) is 0 Å². The van der Waals surface area contributed by atoms with Crippen molar-refractivity contribution in [2.24, 2.45) is 0 Å². The fourth-order valence-electron chi connectivity index (χ4n) is 2.35. The first-order chi connectivity index (χ1) is 8.97. The van der Waals surface area contributed by atoms with Gasteiger partial charge in [-0.25, -0.2) is 0 Å². The fraction of sp³-hybridized carbons (Fsp3) is 0.647. The average molecular weight is 262 g/mol. The van der Waals surface area contributed by atoms with Gasteiger partial charge in [-0.3, -0.25) is 4.90 Å². The fourth-order valence-corrected chi connectivity index (χ4v) is 2.35. The maximum atomic E-state index is 3.70. The third kappa shape index (κ3) is 4.63. The summed E-state index contributed by atoms with van der Waals surface area (Å²) in [5.41, 5.74) is 2.71. The predicted octanol–water partition coefficient (Wildman–Crippen LogP) is 3.76. The summed E-state index contributed by atoms with van der Waals surface area (Å²) < 4.78 is 0. The van der Waals surface area contributed by atoms with E-state index in [1.54, 1.807) is 0 Å². The Hall–Kier alpha value is -0.860. The van der Waals surface area contributed by atoms with Crippen molar-refractivity contribution in [1.82, 2.24) is 10.2 Å². The molecule has 19 heavy (non-hydrogen) atoms. The van der Waals surface area contributed by atoms with Gasteiger partial charge in [-0.05, 0) is 53.3 Å². The van der Waals surface area contributed by atoms with Crippen molar-refractivity contribution in [3.05, 3.63) is 35.4 Å². The predicted molar refractivity (Wildman–Crippen MR) is 84.6 cm³/mol. The number of hydrogen-bond acceptors (Lipinski definition) is 2. The van der Waals surface area contributed by atoms with Crippen LogP contribution < -0.4 is 5.32 Å². The van der Waals surface area contributed by atoms with E-state index in [9.17, 15) is 0 Å². The maximum Gasteiger partial charge on any atom is 0.0475 e. The highest BCUT2D eigenvalue weighted by Gasteiger charge is 2.23. The van der Waals surface area contributed by atoms with Gasteiger partial charge in [0.05, 0.1) is 0 Å². The molecule has 0 heterocycles. The largest absolute Gasteiger partial charge is 0.309 e. The molecule has 0 spiro atoms. The zero-order chi connectivity index (χ0) is 14.4. The minimum atomic E-state index is 0.396. The number of likely N-dealkylation sites (N-methyl/N-ethyl adjacent to an activating group) is 1. The molecule has 1 aromatic rings. The molecule has 2 nitrogen and oxygen atoms in total. The highest BCUT2D eigenvalue weighted by Crippen LogP contribution is 2.22. The molecule has 0 saturated carbocycles. The van der Waals surface area contributed by atoms with Crippen molar-refractivity contribution >= 4 is 0 Å². The molecule has 2 heteroatoms. The number of aryl methyl sites for hydroxylation is 1. The van der Waals surface area contributed by atoms with Gasteiger partial charge in [0, 0.05) is 18.1 Å².